The molecule has 0 spiro atoms. The molecule has 2 rings (SSSR count). The van der Waals surface area contributed by atoms with E-state index in [4.69, 9.17) is 9.47 Å². The van der Waals surface area contributed by atoms with E-state index in [1.165, 1.54) is 5.56 Å². The highest BCUT2D eigenvalue weighted by molar-refractivity contribution is 7.99. The second-order valence-corrected chi connectivity index (χ2v) is 6.73. The average molecular weight is 359 g/mol. The van der Waals surface area contributed by atoms with Gasteiger partial charge in [0, 0.05) is 12.3 Å². The summed E-state index contributed by atoms with van der Waals surface area (Å²) < 4.78 is 10.9. The number of benzene rings is 2. The molecule has 0 bridgehead atoms. The lowest BCUT2D eigenvalue weighted by Gasteiger charge is -2.09. The second-order valence-electron chi connectivity index (χ2n) is 5.63. The number of aryl methyl sites for hydroxylation is 1. The molecule has 0 atom stereocenters. The minimum atomic E-state index is 0.0511. The molecule has 0 heterocycles. The van der Waals surface area contributed by atoms with Crippen LogP contribution in [0.25, 0.3) is 0 Å². The highest BCUT2D eigenvalue weighted by atomic mass is 32.2. The third kappa shape index (κ3) is 7.10. The molecule has 0 aliphatic heterocycles. The molecule has 0 saturated carbocycles. The standard InChI is InChI=1S/C20H25NO3S/c1-16-7-9-18(10-8-16)24-13-14-25-15-20(22)21-12-11-17-5-3-4-6-19(17)23-2/h3-10H,11-15H2,1-2H3,(H,21,22). The molecular weight excluding hydrogens is 334 g/mol. The summed E-state index contributed by atoms with van der Waals surface area (Å²) in [5.41, 5.74) is 2.32. The fourth-order valence-corrected chi connectivity index (χ4v) is 2.95. The van der Waals surface area contributed by atoms with Gasteiger partial charge in [-0.05, 0) is 37.1 Å². The highest BCUT2D eigenvalue weighted by Gasteiger charge is 2.04. The van der Waals surface area contributed by atoms with E-state index in [1.54, 1.807) is 18.9 Å². The molecule has 0 fully saturated rings. The SMILES string of the molecule is COc1ccccc1CCNC(=O)CSCCOc1ccc(C)cc1. The lowest BCUT2D eigenvalue weighted by molar-refractivity contribution is -0.118. The van der Waals surface area contributed by atoms with Crippen LogP contribution in [0.1, 0.15) is 11.1 Å². The monoisotopic (exact) mass is 359 g/mol. The molecule has 0 saturated heterocycles. The van der Waals surface area contributed by atoms with Crippen molar-refractivity contribution in [1.29, 1.82) is 0 Å². The van der Waals surface area contributed by atoms with E-state index in [0.29, 0.717) is 18.9 Å². The molecule has 2 aromatic rings. The third-order valence-electron chi connectivity index (χ3n) is 3.66. The minimum Gasteiger partial charge on any atom is -0.496 e. The summed E-state index contributed by atoms with van der Waals surface area (Å²) in [6, 6.07) is 15.8. The van der Waals surface area contributed by atoms with Gasteiger partial charge in [0.2, 0.25) is 5.91 Å². The number of carbonyl (C=O) groups is 1. The van der Waals surface area contributed by atoms with Gasteiger partial charge in [0.05, 0.1) is 19.5 Å². The largest absolute Gasteiger partial charge is 0.496 e. The highest BCUT2D eigenvalue weighted by Crippen LogP contribution is 2.17. The van der Waals surface area contributed by atoms with Gasteiger partial charge in [-0.15, -0.1) is 11.8 Å². The van der Waals surface area contributed by atoms with Crippen LogP contribution in [-0.2, 0) is 11.2 Å². The Morgan fingerprint density at radius 1 is 1.12 bits per heavy atom. The Morgan fingerprint density at radius 3 is 2.64 bits per heavy atom. The van der Waals surface area contributed by atoms with Crippen LogP contribution >= 0.6 is 11.8 Å². The van der Waals surface area contributed by atoms with Crippen LogP contribution in [0.5, 0.6) is 11.5 Å². The van der Waals surface area contributed by atoms with Crippen molar-refractivity contribution in [3.8, 4) is 11.5 Å². The van der Waals surface area contributed by atoms with Gasteiger partial charge in [-0.25, -0.2) is 0 Å². The van der Waals surface area contributed by atoms with Crippen molar-refractivity contribution < 1.29 is 14.3 Å². The average Bonchev–Trinajstić information content (AvgIpc) is 2.63. The van der Waals surface area contributed by atoms with E-state index in [2.05, 4.69) is 5.32 Å². The molecule has 134 valence electrons. The van der Waals surface area contributed by atoms with E-state index in [0.717, 1.165) is 29.2 Å². The maximum absolute atomic E-state index is 11.9. The zero-order valence-corrected chi connectivity index (χ0v) is 15.6. The van der Waals surface area contributed by atoms with Crippen molar-refractivity contribution in [2.24, 2.45) is 0 Å². The predicted molar refractivity (Wildman–Crippen MR) is 104 cm³/mol. The van der Waals surface area contributed by atoms with Crippen LogP contribution in [-0.4, -0.2) is 37.7 Å². The van der Waals surface area contributed by atoms with Crippen LogP contribution in [0.3, 0.4) is 0 Å². The zero-order valence-electron chi connectivity index (χ0n) is 14.8. The first kappa shape index (κ1) is 19.2. The molecule has 5 heteroatoms. The van der Waals surface area contributed by atoms with Crippen LogP contribution in [0.2, 0.25) is 0 Å². The molecule has 25 heavy (non-hydrogen) atoms. The Hall–Kier alpha value is -2.14. The van der Waals surface area contributed by atoms with E-state index in [9.17, 15) is 4.79 Å². The van der Waals surface area contributed by atoms with Crippen molar-refractivity contribution in [3.63, 3.8) is 0 Å². The lowest BCUT2D eigenvalue weighted by atomic mass is 10.1. The van der Waals surface area contributed by atoms with Crippen LogP contribution < -0.4 is 14.8 Å². The molecular formula is C20H25NO3S. The molecule has 0 aliphatic carbocycles. The van der Waals surface area contributed by atoms with Gasteiger partial charge < -0.3 is 14.8 Å². The van der Waals surface area contributed by atoms with Gasteiger partial charge in [0.15, 0.2) is 0 Å². The molecule has 1 amide bonds. The number of rotatable bonds is 10. The Labute approximate surface area is 153 Å². The van der Waals surface area contributed by atoms with E-state index in [-0.39, 0.29) is 5.91 Å². The summed E-state index contributed by atoms with van der Waals surface area (Å²) >= 11 is 1.58. The number of amides is 1. The van der Waals surface area contributed by atoms with Gasteiger partial charge in [0.1, 0.15) is 11.5 Å². The van der Waals surface area contributed by atoms with E-state index in [1.807, 2.05) is 55.5 Å². The Morgan fingerprint density at radius 2 is 1.88 bits per heavy atom. The summed E-state index contributed by atoms with van der Waals surface area (Å²) in [5.74, 6) is 3.01. The first-order valence-corrected chi connectivity index (χ1v) is 9.50. The van der Waals surface area contributed by atoms with Gasteiger partial charge in [-0.2, -0.15) is 0 Å². The van der Waals surface area contributed by atoms with Crippen molar-refractivity contribution in [3.05, 3.63) is 59.7 Å². The van der Waals surface area contributed by atoms with Crippen molar-refractivity contribution >= 4 is 17.7 Å². The van der Waals surface area contributed by atoms with Gasteiger partial charge in [-0.3, -0.25) is 4.79 Å². The number of hydrogen-bond donors (Lipinski definition) is 1. The topological polar surface area (TPSA) is 47.6 Å². The Kier molecular flexibility index (Phi) is 8.19. The fourth-order valence-electron chi connectivity index (χ4n) is 2.31. The summed E-state index contributed by atoms with van der Waals surface area (Å²) in [7, 11) is 1.66. The maximum Gasteiger partial charge on any atom is 0.230 e. The van der Waals surface area contributed by atoms with Gasteiger partial charge in [0.25, 0.3) is 0 Å². The summed E-state index contributed by atoms with van der Waals surface area (Å²) in [5, 5.41) is 2.94. The van der Waals surface area contributed by atoms with Crippen LogP contribution in [0.4, 0.5) is 0 Å². The first-order valence-electron chi connectivity index (χ1n) is 8.35. The number of nitrogens with one attached hydrogen (secondary N) is 1. The molecule has 0 aromatic heterocycles. The van der Waals surface area contributed by atoms with Crippen molar-refractivity contribution in [1.82, 2.24) is 5.32 Å². The lowest BCUT2D eigenvalue weighted by Crippen LogP contribution is -2.27. The molecule has 0 radical (unpaired) electrons. The number of ether oxygens (including phenoxy) is 2. The number of methoxy groups -OCH3 is 1. The molecule has 2 aromatic carbocycles. The quantitative estimate of drug-likeness (QED) is 0.660. The van der Waals surface area contributed by atoms with Crippen molar-refractivity contribution in [2.75, 3.05) is 31.8 Å². The molecule has 4 nitrogen and oxygen atoms in total. The number of hydrogen-bond acceptors (Lipinski definition) is 4. The maximum atomic E-state index is 11.9. The Balaban J connectivity index is 1.56. The number of para-hydroxylation sites is 1. The van der Waals surface area contributed by atoms with Crippen molar-refractivity contribution in [2.45, 2.75) is 13.3 Å². The zero-order chi connectivity index (χ0) is 17.9. The normalized spacial score (nSPS) is 10.3. The summed E-state index contributed by atoms with van der Waals surface area (Å²) in [6.07, 6.45) is 0.761. The van der Waals surface area contributed by atoms with Crippen LogP contribution in [0, 0.1) is 6.92 Å². The van der Waals surface area contributed by atoms with E-state index >= 15 is 0 Å². The van der Waals surface area contributed by atoms with E-state index < -0.39 is 0 Å². The number of thioether (sulfide) groups is 1. The predicted octanol–water partition coefficient (Wildman–Crippen LogP) is 3.47. The Bertz CT molecular complexity index is 658. The van der Waals surface area contributed by atoms with Gasteiger partial charge in [-0.1, -0.05) is 35.9 Å². The molecule has 1 N–H and O–H groups in total. The second kappa shape index (κ2) is 10.7. The van der Waals surface area contributed by atoms with Gasteiger partial charge >= 0.3 is 0 Å². The smallest absolute Gasteiger partial charge is 0.230 e. The summed E-state index contributed by atoms with van der Waals surface area (Å²) in [6.45, 7) is 3.26. The molecule has 0 unspecified atom stereocenters. The minimum absolute atomic E-state index is 0.0511. The third-order valence-corrected chi connectivity index (χ3v) is 4.58. The fraction of sp³-hybridized carbons (Fsp3) is 0.350. The molecule has 0 aliphatic rings. The first-order chi connectivity index (χ1) is 12.2. The van der Waals surface area contributed by atoms with Crippen LogP contribution in [0.15, 0.2) is 48.5 Å². The number of carbonyl (C=O) groups excluding carboxylic acids is 1. The summed E-state index contributed by atoms with van der Waals surface area (Å²) in [4.78, 5) is 11.9.